The molecule has 0 saturated carbocycles. The molecule has 1 aliphatic carbocycles. The Labute approximate surface area is 148 Å². The van der Waals surface area contributed by atoms with E-state index in [0.717, 1.165) is 22.1 Å². The van der Waals surface area contributed by atoms with Crippen molar-refractivity contribution < 1.29 is 4.79 Å². The predicted octanol–water partition coefficient (Wildman–Crippen LogP) is 6.06. The third kappa shape index (κ3) is 2.72. The molecule has 0 saturated heterocycles. The molecule has 3 aromatic carbocycles. The van der Waals surface area contributed by atoms with E-state index in [9.17, 15) is 4.79 Å². The summed E-state index contributed by atoms with van der Waals surface area (Å²) in [7, 11) is 0. The van der Waals surface area contributed by atoms with Gasteiger partial charge in [0.15, 0.2) is 5.78 Å². The molecule has 1 nitrogen and oxygen atoms in total. The quantitative estimate of drug-likeness (QED) is 0.535. The summed E-state index contributed by atoms with van der Waals surface area (Å²) in [6, 6.07) is 22.0. The van der Waals surface area contributed by atoms with Crippen LogP contribution in [0.1, 0.15) is 41.3 Å². The zero-order chi connectivity index (χ0) is 17.4. The van der Waals surface area contributed by atoms with Crippen LogP contribution < -0.4 is 0 Å². The molecule has 0 aliphatic heterocycles. The van der Waals surface area contributed by atoms with Gasteiger partial charge in [0, 0.05) is 17.0 Å². The van der Waals surface area contributed by atoms with Crippen molar-refractivity contribution in [3.05, 3.63) is 107 Å². The highest BCUT2D eigenvalue weighted by Crippen LogP contribution is 2.37. The smallest absolute Gasteiger partial charge is 0.193 e. The van der Waals surface area contributed by atoms with E-state index in [1.54, 1.807) is 0 Å². The first-order chi connectivity index (χ1) is 12.1. The summed E-state index contributed by atoms with van der Waals surface area (Å²) >= 11 is 0. The van der Waals surface area contributed by atoms with Crippen LogP contribution in [0.5, 0.6) is 0 Å². The molecule has 0 radical (unpaired) electrons. The molecule has 1 atom stereocenters. The second-order valence-electron chi connectivity index (χ2n) is 6.68. The molecule has 0 N–H and O–H groups in total. The lowest BCUT2D eigenvalue weighted by atomic mass is 9.85. The van der Waals surface area contributed by atoms with Crippen molar-refractivity contribution in [2.24, 2.45) is 0 Å². The van der Waals surface area contributed by atoms with Gasteiger partial charge in [-0.3, -0.25) is 4.79 Å². The Hall–Kier alpha value is -2.93. The van der Waals surface area contributed by atoms with Gasteiger partial charge in [-0.25, -0.2) is 0 Å². The molecule has 0 aromatic heterocycles. The highest BCUT2D eigenvalue weighted by atomic mass is 16.1. The van der Waals surface area contributed by atoms with Gasteiger partial charge in [-0.05, 0) is 42.3 Å². The van der Waals surface area contributed by atoms with Crippen molar-refractivity contribution in [1.29, 1.82) is 0 Å². The Morgan fingerprint density at radius 3 is 2.12 bits per heavy atom. The number of ketones is 1. The second-order valence-corrected chi connectivity index (χ2v) is 6.68. The van der Waals surface area contributed by atoms with Crippen LogP contribution in [0.25, 0.3) is 10.8 Å². The summed E-state index contributed by atoms with van der Waals surface area (Å²) in [4.78, 5) is 13.2. The Morgan fingerprint density at radius 1 is 0.840 bits per heavy atom. The molecule has 4 rings (SSSR count). The van der Waals surface area contributed by atoms with Gasteiger partial charge in [0.25, 0.3) is 0 Å². The number of hydrogen-bond acceptors (Lipinski definition) is 1. The molecule has 0 amide bonds. The van der Waals surface area contributed by atoms with Crippen LogP contribution in [0.2, 0.25) is 0 Å². The average Bonchev–Trinajstić information content (AvgIpc) is 2.99. The van der Waals surface area contributed by atoms with Crippen molar-refractivity contribution in [2.45, 2.75) is 19.8 Å². The third-order valence-electron chi connectivity index (χ3n) is 5.16. The van der Waals surface area contributed by atoms with E-state index in [1.807, 2.05) is 42.5 Å². The van der Waals surface area contributed by atoms with Crippen molar-refractivity contribution >= 4 is 16.6 Å². The van der Waals surface area contributed by atoms with Crippen LogP contribution >= 0.6 is 0 Å². The van der Waals surface area contributed by atoms with Crippen molar-refractivity contribution in [3.63, 3.8) is 0 Å². The number of hydrogen-bond donors (Lipinski definition) is 0. The van der Waals surface area contributed by atoms with Gasteiger partial charge in [-0.15, -0.1) is 0 Å². The zero-order valence-electron chi connectivity index (χ0n) is 14.5. The normalized spacial score (nSPS) is 16.6. The molecule has 0 fully saturated rings. The SMILES string of the molecule is CC1=C(C)C(c2cc3ccccc3cc2C(=O)c2ccccc2)C=C1. The maximum absolute atomic E-state index is 13.2. The van der Waals surface area contributed by atoms with E-state index in [1.165, 1.54) is 16.5 Å². The summed E-state index contributed by atoms with van der Waals surface area (Å²) in [6.07, 6.45) is 4.36. The monoisotopic (exact) mass is 324 g/mol. The molecule has 122 valence electrons. The number of fused-ring (bicyclic) bond motifs is 1. The molecule has 25 heavy (non-hydrogen) atoms. The summed E-state index contributed by atoms with van der Waals surface area (Å²) in [5.74, 6) is 0.263. The highest BCUT2D eigenvalue weighted by Gasteiger charge is 2.23. The Bertz CT molecular complexity index is 1020. The maximum atomic E-state index is 13.2. The van der Waals surface area contributed by atoms with E-state index in [0.29, 0.717) is 0 Å². The molecule has 0 bridgehead atoms. The fourth-order valence-corrected chi connectivity index (χ4v) is 3.56. The summed E-state index contributed by atoms with van der Waals surface area (Å²) in [6.45, 7) is 4.29. The number of rotatable bonds is 3. The van der Waals surface area contributed by atoms with Gasteiger partial charge in [0.2, 0.25) is 0 Å². The van der Waals surface area contributed by atoms with Crippen LogP contribution in [0, 0.1) is 0 Å². The lowest BCUT2D eigenvalue weighted by Gasteiger charge is -2.17. The Balaban J connectivity index is 1.94. The maximum Gasteiger partial charge on any atom is 0.193 e. The van der Waals surface area contributed by atoms with Gasteiger partial charge in [0.05, 0.1) is 0 Å². The molecular formula is C24H20O. The fraction of sp³-hybridized carbons (Fsp3) is 0.125. The average molecular weight is 324 g/mol. The molecule has 1 unspecified atom stereocenters. The standard InChI is InChI=1S/C24H20O/c1-16-12-13-21(17(16)2)22-14-19-10-6-7-11-20(19)15-23(22)24(25)18-8-4-3-5-9-18/h3-15,21H,1-2H3. The minimum absolute atomic E-state index is 0.0899. The van der Waals surface area contributed by atoms with E-state index in [4.69, 9.17) is 0 Å². The van der Waals surface area contributed by atoms with Crippen molar-refractivity contribution in [1.82, 2.24) is 0 Å². The lowest BCUT2D eigenvalue weighted by Crippen LogP contribution is -2.08. The molecule has 0 heterocycles. The van der Waals surface area contributed by atoms with E-state index in [-0.39, 0.29) is 11.7 Å². The lowest BCUT2D eigenvalue weighted by molar-refractivity contribution is 0.103. The van der Waals surface area contributed by atoms with Crippen molar-refractivity contribution in [3.8, 4) is 0 Å². The van der Waals surface area contributed by atoms with Gasteiger partial charge in [-0.1, -0.05) is 77.9 Å². The summed E-state index contributed by atoms with van der Waals surface area (Å²) in [5.41, 5.74) is 5.24. The number of carbonyl (C=O) groups is 1. The van der Waals surface area contributed by atoms with Crippen LogP contribution in [0.15, 0.2) is 90.0 Å². The second kappa shape index (κ2) is 6.18. The Morgan fingerprint density at radius 2 is 1.48 bits per heavy atom. The van der Waals surface area contributed by atoms with Crippen LogP contribution in [-0.2, 0) is 0 Å². The van der Waals surface area contributed by atoms with Crippen LogP contribution in [-0.4, -0.2) is 5.78 Å². The van der Waals surface area contributed by atoms with E-state index < -0.39 is 0 Å². The first kappa shape index (κ1) is 15.6. The molecule has 3 aromatic rings. The molecule has 1 heteroatoms. The zero-order valence-corrected chi connectivity index (χ0v) is 14.5. The summed E-state index contributed by atoms with van der Waals surface area (Å²) in [5, 5.41) is 2.28. The molecule has 1 aliphatic rings. The van der Waals surface area contributed by atoms with Gasteiger partial charge >= 0.3 is 0 Å². The predicted molar refractivity (Wildman–Crippen MR) is 104 cm³/mol. The van der Waals surface area contributed by atoms with Gasteiger partial charge < -0.3 is 0 Å². The Kier molecular flexibility index (Phi) is 3.85. The van der Waals surface area contributed by atoms with Crippen LogP contribution in [0.3, 0.4) is 0 Å². The third-order valence-corrected chi connectivity index (χ3v) is 5.16. The van der Waals surface area contributed by atoms with Gasteiger partial charge in [0.1, 0.15) is 0 Å². The first-order valence-corrected chi connectivity index (χ1v) is 8.63. The van der Waals surface area contributed by atoms with Gasteiger partial charge in [-0.2, -0.15) is 0 Å². The van der Waals surface area contributed by atoms with E-state index >= 15 is 0 Å². The number of carbonyl (C=O) groups excluding carboxylic acids is 1. The highest BCUT2D eigenvalue weighted by molar-refractivity contribution is 6.12. The van der Waals surface area contributed by atoms with Crippen LogP contribution in [0.4, 0.5) is 0 Å². The minimum atomic E-state index is 0.0899. The molecule has 0 spiro atoms. The minimum Gasteiger partial charge on any atom is -0.289 e. The van der Waals surface area contributed by atoms with E-state index in [2.05, 4.69) is 50.3 Å². The number of benzene rings is 3. The number of allylic oxidation sites excluding steroid dienone is 4. The molecular weight excluding hydrogens is 304 g/mol. The first-order valence-electron chi connectivity index (χ1n) is 8.63. The largest absolute Gasteiger partial charge is 0.289 e. The summed E-state index contributed by atoms with van der Waals surface area (Å²) < 4.78 is 0. The fourth-order valence-electron chi connectivity index (χ4n) is 3.56. The topological polar surface area (TPSA) is 17.1 Å². The van der Waals surface area contributed by atoms with Crippen molar-refractivity contribution in [2.75, 3.05) is 0 Å².